The molecule has 3 aromatic rings. The summed E-state index contributed by atoms with van der Waals surface area (Å²) in [5.74, 6) is -0.521. The molecule has 4 heteroatoms. The number of hydrogen-bond donors (Lipinski definition) is 2. The van der Waals surface area contributed by atoms with Gasteiger partial charge in [-0.2, -0.15) is 0 Å². The summed E-state index contributed by atoms with van der Waals surface area (Å²) in [4.78, 5) is 13.1. The molecule has 0 unspecified atom stereocenters. The molecule has 0 radical (unpaired) electrons. The highest BCUT2D eigenvalue weighted by molar-refractivity contribution is 5.70. The summed E-state index contributed by atoms with van der Waals surface area (Å²) in [5, 5.41) is 22.9. The van der Waals surface area contributed by atoms with Crippen molar-refractivity contribution in [3.05, 3.63) is 108 Å². The fourth-order valence-electron chi connectivity index (χ4n) is 5.04. The fraction of sp³-hybridized carbons (Fsp3) is 0.441. The maximum atomic E-state index is 13.1. The van der Waals surface area contributed by atoms with E-state index in [-0.39, 0.29) is 6.42 Å². The standard InChI is InChI=1S/C34H44O4/c1-2-3-4-5-6-7-8-9-19-26-31(35)27-32(36)38-33(28-20-13-10-14-21-28)34(37,29-22-15-11-16-23-29)30-24-17-12-18-25-30/h10-18,20-25,31,33,35,37H,2-9,19,26-27H2,1H3/t31-,33+/m0/s1. The summed E-state index contributed by atoms with van der Waals surface area (Å²) in [6.45, 7) is 2.23. The van der Waals surface area contributed by atoms with E-state index in [2.05, 4.69) is 6.92 Å². The van der Waals surface area contributed by atoms with E-state index in [9.17, 15) is 15.0 Å². The molecular formula is C34H44O4. The fourth-order valence-corrected chi connectivity index (χ4v) is 5.04. The Labute approximate surface area is 228 Å². The summed E-state index contributed by atoms with van der Waals surface area (Å²) in [6, 6.07) is 27.9. The van der Waals surface area contributed by atoms with Crippen molar-refractivity contribution in [2.24, 2.45) is 0 Å². The van der Waals surface area contributed by atoms with Crippen LogP contribution in [-0.4, -0.2) is 22.3 Å². The molecule has 204 valence electrons. The third kappa shape index (κ3) is 8.82. The molecule has 2 atom stereocenters. The number of esters is 1. The number of unbranched alkanes of at least 4 members (excludes halogenated alkanes) is 8. The Bertz CT molecular complexity index is 996. The average molecular weight is 517 g/mol. The van der Waals surface area contributed by atoms with E-state index in [1.165, 1.54) is 44.9 Å². The number of carbonyl (C=O) groups excluding carboxylic acids is 1. The molecule has 0 aliphatic heterocycles. The van der Waals surface area contributed by atoms with Gasteiger partial charge >= 0.3 is 5.97 Å². The number of aliphatic hydroxyl groups excluding tert-OH is 1. The van der Waals surface area contributed by atoms with Crippen LogP contribution in [0, 0.1) is 0 Å². The van der Waals surface area contributed by atoms with Gasteiger partial charge in [-0.05, 0) is 23.1 Å². The van der Waals surface area contributed by atoms with Gasteiger partial charge in [0.05, 0.1) is 12.5 Å². The lowest BCUT2D eigenvalue weighted by Crippen LogP contribution is -2.38. The van der Waals surface area contributed by atoms with E-state index in [0.717, 1.165) is 12.8 Å². The average Bonchev–Trinajstić information content (AvgIpc) is 2.96. The molecule has 0 aliphatic rings. The van der Waals surface area contributed by atoms with Crippen LogP contribution in [0.3, 0.4) is 0 Å². The number of aliphatic hydroxyl groups is 2. The lowest BCUT2D eigenvalue weighted by molar-refractivity contribution is -0.165. The van der Waals surface area contributed by atoms with Gasteiger partial charge in [-0.3, -0.25) is 4.79 Å². The third-order valence-corrected chi connectivity index (χ3v) is 7.20. The van der Waals surface area contributed by atoms with Gasteiger partial charge in [0.15, 0.2) is 11.7 Å². The van der Waals surface area contributed by atoms with E-state index >= 15 is 0 Å². The minimum absolute atomic E-state index is 0.0972. The lowest BCUT2D eigenvalue weighted by Gasteiger charge is -2.37. The SMILES string of the molecule is CCCCCCCCCCC[C@H](O)CC(=O)O[C@H](c1ccccc1)C(O)(c1ccccc1)c1ccccc1. The predicted molar refractivity (Wildman–Crippen MR) is 154 cm³/mol. The monoisotopic (exact) mass is 516 g/mol. The quantitative estimate of drug-likeness (QED) is 0.141. The highest BCUT2D eigenvalue weighted by atomic mass is 16.6. The summed E-state index contributed by atoms with van der Waals surface area (Å²) in [7, 11) is 0. The van der Waals surface area contributed by atoms with Gasteiger partial charge in [0.25, 0.3) is 0 Å². The van der Waals surface area contributed by atoms with Crippen molar-refractivity contribution < 1.29 is 19.7 Å². The molecule has 0 fully saturated rings. The highest BCUT2D eigenvalue weighted by Crippen LogP contribution is 2.43. The van der Waals surface area contributed by atoms with Crippen molar-refractivity contribution in [2.75, 3.05) is 0 Å². The van der Waals surface area contributed by atoms with Gasteiger partial charge in [0.2, 0.25) is 0 Å². The summed E-state index contributed by atoms with van der Waals surface area (Å²) in [6.07, 6.45) is 9.59. The molecule has 2 N–H and O–H groups in total. The smallest absolute Gasteiger partial charge is 0.309 e. The Kier molecular flexibility index (Phi) is 12.5. The number of ether oxygens (including phenoxy) is 1. The first-order valence-electron chi connectivity index (χ1n) is 14.3. The molecule has 4 nitrogen and oxygen atoms in total. The van der Waals surface area contributed by atoms with Gasteiger partial charge in [-0.15, -0.1) is 0 Å². The second-order valence-electron chi connectivity index (χ2n) is 10.3. The summed E-state index contributed by atoms with van der Waals surface area (Å²) in [5.41, 5.74) is 0.331. The normalized spacial score (nSPS) is 13.1. The Morgan fingerprint density at radius 3 is 1.66 bits per heavy atom. The highest BCUT2D eigenvalue weighted by Gasteiger charge is 2.44. The first-order valence-corrected chi connectivity index (χ1v) is 14.3. The molecular weight excluding hydrogens is 472 g/mol. The van der Waals surface area contributed by atoms with Crippen LogP contribution in [0.1, 0.15) is 100 Å². The maximum absolute atomic E-state index is 13.1. The number of hydrogen-bond acceptors (Lipinski definition) is 4. The van der Waals surface area contributed by atoms with E-state index in [1.807, 2.05) is 91.0 Å². The summed E-state index contributed by atoms with van der Waals surface area (Å²) >= 11 is 0. The van der Waals surface area contributed by atoms with Crippen LogP contribution >= 0.6 is 0 Å². The molecule has 0 amide bonds. The lowest BCUT2D eigenvalue weighted by atomic mass is 9.79. The molecule has 0 heterocycles. The van der Waals surface area contributed by atoms with E-state index < -0.39 is 23.8 Å². The van der Waals surface area contributed by atoms with Crippen molar-refractivity contribution in [1.82, 2.24) is 0 Å². The number of benzene rings is 3. The molecule has 0 spiro atoms. The molecule has 38 heavy (non-hydrogen) atoms. The molecule has 0 aromatic heterocycles. The Morgan fingerprint density at radius 1 is 0.711 bits per heavy atom. The topological polar surface area (TPSA) is 66.8 Å². The van der Waals surface area contributed by atoms with Gasteiger partial charge in [-0.1, -0.05) is 156 Å². The zero-order valence-electron chi connectivity index (χ0n) is 22.8. The van der Waals surface area contributed by atoms with Gasteiger partial charge in [-0.25, -0.2) is 0 Å². The molecule has 0 bridgehead atoms. The van der Waals surface area contributed by atoms with E-state index in [1.54, 1.807) is 0 Å². The zero-order chi connectivity index (χ0) is 27.1. The van der Waals surface area contributed by atoms with Crippen molar-refractivity contribution in [3.8, 4) is 0 Å². The van der Waals surface area contributed by atoms with Crippen LogP contribution in [0.4, 0.5) is 0 Å². The van der Waals surface area contributed by atoms with Crippen molar-refractivity contribution in [2.45, 2.75) is 95.4 Å². The molecule has 3 rings (SSSR count). The van der Waals surface area contributed by atoms with Crippen LogP contribution in [0.2, 0.25) is 0 Å². The van der Waals surface area contributed by atoms with Crippen LogP contribution in [0.25, 0.3) is 0 Å². The second-order valence-corrected chi connectivity index (χ2v) is 10.3. The third-order valence-electron chi connectivity index (χ3n) is 7.20. The minimum atomic E-state index is -1.61. The Hall–Kier alpha value is -2.95. The van der Waals surface area contributed by atoms with Crippen LogP contribution in [0.15, 0.2) is 91.0 Å². The van der Waals surface area contributed by atoms with Crippen LogP contribution in [-0.2, 0) is 15.1 Å². The second kappa shape index (κ2) is 16.1. The van der Waals surface area contributed by atoms with Crippen LogP contribution in [0.5, 0.6) is 0 Å². The van der Waals surface area contributed by atoms with Crippen molar-refractivity contribution in [3.63, 3.8) is 0 Å². The number of carbonyl (C=O) groups is 1. The van der Waals surface area contributed by atoms with Crippen molar-refractivity contribution in [1.29, 1.82) is 0 Å². The van der Waals surface area contributed by atoms with Crippen molar-refractivity contribution >= 4 is 5.97 Å². The molecule has 0 aliphatic carbocycles. The minimum Gasteiger partial charge on any atom is -0.454 e. The van der Waals surface area contributed by atoms with Gasteiger partial charge in [0.1, 0.15) is 0 Å². The zero-order valence-corrected chi connectivity index (χ0v) is 22.8. The summed E-state index contributed by atoms with van der Waals surface area (Å²) < 4.78 is 6.02. The largest absolute Gasteiger partial charge is 0.454 e. The molecule has 3 aromatic carbocycles. The van der Waals surface area contributed by atoms with Gasteiger partial charge < -0.3 is 14.9 Å². The molecule has 0 saturated heterocycles. The van der Waals surface area contributed by atoms with E-state index in [4.69, 9.17) is 4.74 Å². The molecule has 0 saturated carbocycles. The van der Waals surface area contributed by atoms with Crippen LogP contribution < -0.4 is 0 Å². The Morgan fingerprint density at radius 2 is 1.16 bits per heavy atom. The van der Waals surface area contributed by atoms with E-state index in [0.29, 0.717) is 23.1 Å². The van der Waals surface area contributed by atoms with Gasteiger partial charge in [0, 0.05) is 0 Å². The predicted octanol–water partition coefficient (Wildman–Crippen LogP) is 7.88. The maximum Gasteiger partial charge on any atom is 0.309 e. The number of rotatable bonds is 17. The Balaban J connectivity index is 1.66. The first-order chi connectivity index (χ1) is 18.6. The first kappa shape index (κ1) is 29.6.